The Bertz CT molecular complexity index is 1290. The van der Waals surface area contributed by atoms with Gasteiger partial charge in [0.25, 0.3) is 11.8 Å². The third-order valence-corrected chi connectivity index (χ3v) is 8.25. The normalized spacial score (nSPS) is 13.4. The van der Waals surface area contributed by atoms with E-state index in [0.717, 1.165) is 4.90 Å². The zero-order chi connectivity index (χ0) is 44.9. The van der Waals surface area contributed by atoms with Gasteiger partial charge in [-0.1, -0.05) is 13.8 Å². The number of amides is 7. The molecule has 0 radical (unpaired) electrons. The van der Waals surface area contributed by atoms with Gasteiger partial charge in [0.15, 0.2) is 0 Å². The van der Waals surface area contributed by atoms with Gasteiger partial charge in [0.1, 0.15) is 18.7 Å². The molecule has 0 fully saturated rings. The molecule has 1 rings (SSSR count). The molecule has 0 saturated heterocycles. The number of aliphatic hydroxyl groups excluding tert-OH is 1. The maximum atomic E-state index is 12.8. The van der Waals surface area contributed by atoms with Crippen LogP contribution in [-0.2, 0) is 71.5 Å². The van der Waals surface area contributed by atoms with Crippen molar-refractivity contribution >= 4 is 41.4 Å². The summed E-state index contributed by atoms with van der Waals surface area (Å²) in [6.07, 6.45) is 2.90. The van der Waals surface area contributed by atoms with Gasteiger partial charge in [-0.15, -0.1) is 0 Å². The van der Waals surface area contributed by atoms with Crippen LogP contribution in [0.3, 0.4) is 0 Å². The Hall–Kier alpha value is -4.13. The average Bonchev–Trinajstić information content (AvgIpc) is 3.56. The molecule has 0 aliphatic carbocycles. The highest BCUT2D eigenvalue weighted by atomic mass is 16.6. The van der Waals surface area contributed by atoms with E-state index in [1.54, 1.807) is 13.8 Å². The molecular weight excluding hydrogens is 808 g/mol. The molecule has 0 aromatic heterocycles. The molecule has 22 heteroatoms. The van der Waals surface area contributed by atoms with Crippen LogP contribution in [0.2, 0.25) is 0 Å². The highest BCUT2D eigenvalue weighted by molar-refractivity contribution is 6.13. The number of hydrogen-bond donors (Lipinski definition) is 6. The van der Waals surface area contributed by atoms with Gasteiger partial charge >= 0.3 is 0 Å². The largest absolute Gasteiger partial charge is 0.387 e. The van der Waals surface area contributed by atoms with Gasteiger partial charge in [0, 0.05) is 51.2 Å². The molecule has 1 aliphatic rings. The van der Waals surface area contributed by atoms with Crippen molar-refractivity contribution in [2.24, 2.45) is 5.92 Å². The molecule has 2 atom stereocenters. The van der Waals surface area contributed by atoms with Crippen LogP contribution in [0.5, 0.6) is 0 Å². The van der Waals surface area contributed by atoms with Gasteiger partial charge in [-0.25, -0.2) is 0 Å². The van der Waals surface area contributed by atoms with Crippen LogP contribution in [0, 0.1) is 5.92 Å². The summed E-state index contributed by atoms with van der Waals surface area (Å²) >= 11 is 0. The lowest BCUT2D eigenvalue weighted by atomic mass is 10.0. The predicted molar refractivity (Wildman–Crippen MR) is 217 cm³/mol. The second-order valence-corrected chi connectivity index (χ2v) is 13.6. The minimum Gasteiger partial charge on any atom is -0.387 e. The third kappa shape index (κ3) is 29.7. The number of rotatable bonds is 40. The second kappa shape index (κ2) is 36.5. The van der Waals surface area contributed by atoms with Crippen LogP contribution >= 0.6 is 0 Å². The van der Waals surface area contributed by atoms with Crippen LogP contribution in [0.25, 0.3) is 0 Å². The van der Waals surface area contributed by atoms with E-state index in [9.17, 15) is 33.6 Å². The number of nitrogens with zero attached hydrogens (tertiary/aromatic N) is 1. The Morgan fingerprint density at radius 1 is 0.525 bits per heavy atom. The molecule has 350 valence electrons. The summed E-state index contributed by atoms with van der Waals surface area (Å²) < 4.78 is 43.6. The smallest absolute Gasteiger partial charge is 0.253 e. The molecule has 0 bridgehead atoms. The summed E-state index contributed by atoms with van der Waals surface area (Å²) in [7, 11) is 0. The Morgan fingerprint density at radius 3 is 1.41 bits per heavy atom. The molecule has 0 saturated carbocycles. The van der Waals surface area contributed by atoms with Crippen LogP contribution in [0.1, 0.15) is 40.0 Å². The van der Waals surface area contributed by atoms with E-state index in [1.165, 1.54) is 19.1 Å². The third-order valence-electron chi connectivity index (χ3n) is 8.25. The highest BCUT2D eigenvalue weighted by Crippen LogP contribution is 2.05. The lowest BCUT2D eigenvalue weighted by molar-refractivity contribution is -0.137. The second-order valence-electron chi connectivity index (χ2n) is 13.6. The molecule has 22 nitrogen and oxygen atoms in total. The van der Waals surface area contributed by atoms with Crippen molar-refractivity contribution in [3.05, 3.63) is 12.2 Å². The first-order valence-electron chi connectivity index (χ1n) is 20.6. The lowest BCUT2D eigenvalue weighted by Crippen LogP contribution is -2.54. The van der Waals surface area contributed by atoms with E-state index in [0.29, 0.717) is 105 Å². The summed E-state index contributed by atoms with van der Waals surface area (Å²) in [4.78, 5) is 84.3. The molecule has 1 aliphatic heterocycles. The van der Waals surface area contributed by atoms with Gasteiger partial charge < -0.3 is 69.6 Å². The Balaban J connectivity index is 1.85. The van der Waals surface area contributed by atoms with Gasteiger partial charge in [-0.2, -0.15) is 0 Å². The van der Waals surface area contributed by atoms with Crippen LogP contribution < -0.4 is 26.6 Å². The fraction of sp³-hybridized carbons (Fsp3) is 0.769. The highest BCUT2D eigenvalue weighted by Gasteiger charge is 2.27. The van der Waals surface area contributed by atoms with Crippen molar-refractivity contribution in [3.63, 3.8) is 0 Å². The van der Waals surface area contributed by atoms with E-state index in [4.69, 9.17) is 43.0 Å². The standard InChI is InChI=1S/C39H68N6O16/c1-30(2)37(39(53)43-31(3)38(52)42-10-4-9-40-34(49)29-46)44-33(48)8-13-54-15-17-56-19-21-58-23-25-60-27-28-61-26-24-59-22-20-57-18-16-55-14-11-41-32(47)7-12-45-35(50)5-6-36(45)51/h5-6,30-31,37,46H,4,7-29H2,1-3H3,(H,40,49)(H,41,47)(H,42,52)(H,43,53)(H,44,48)/t31-,37?/m0/s1. The Labute approximate surface area is 357 Å². The van der Waals surface area contributed by atoms with Crippen LogP contribution in [0.15, 0.2) is 12.2 Å². The lowest BCUT2D eigenvalue weighted by Gasteiger charge is -2.24. The summed E-state index contributed by atoms with van der Waals surface area (Å²) in [6.45, 7) is 11.3. The number of hydrogen-bond acceptors (Lipinski definition) is 16. The molecule has 1 unspecified atom stereocenters. The van der Waals surface area contributed by atoms with Crippen molar-refractivity contribution in [1.82, 2.24) is 31.5 Å². The average molecular weight is 877 g/mol. The minimum absolute atomic E-state index is 0.0354. The number of nitrogens with one attached hydrogen (secondary N) is 5. The predicted octanol–water partition coefficient (Wildman–Crippen LogP) is -2.80. The molecule has 61 heavy (non-hydrogen) atoms. The first-order chi connectivity index (χ1) is 29.5. The monoisotopic (exact) mass is 876 g/mol. The van der Waals surface area contributed by atoms with Crippen molar-refractivity contribution in [2.45, 2.75) is 52.1 Å². The Morgan fingerprint density at radius 2 is 0.951 bits per heavy atom. The molecule has 0 spiro atoms. The van der Waals surface area contributed by atoms with Crippen LogP contribution in [0.4, 0.5) is 0 Å². The summed E-state index contributed by atoms with van der Waals surface area (Å²) in [5.41, 5.74) is 0. The number of carbonyl (C=O) groups excluding carboxylic acids is 7. The molecule has 6 N–H and O–H groups in total. The van der Waals surface area contributed by atoms with Gasteiger partial charge in [0.05, 0.1) is 106 Å². The fourth-order valence-electron chi connectivity index (χ4n) is 4.91. The first-order valence-corrected chi connectivity index (χ1v) is 20.6. The van der Waals surface area contributed by atoms with E-state index >= 15 is 0 Å². The van der Waals surface area contributed by atoms with Gasteiger partial charge in [-0.3, -0.25) is 38.5 Å². The van der Waals surface area contributed by atoms with Crippen molar-refractivity contribution < 1.29 is 76.6 Å². The van der Waals surface area contributed by atoms with E-state index in [-0.39, 0.29) is 63.4 Å². The molecule has 7 amide bonds. The van der Waals surface area contributed by atoms with E-state index < -0.39 is 48.2 Å². The van der Waals surface area contributed by atoms with Crippen molar-refractivity contribution in [2.75, 3.05) is 138 Å². The minimum atomic E-state index is -0.841. The molecule has 1 heterocycles. The van der Waals surface area contributed by atoms with E-state index in [1.807, 2.05) is 0 Å². The summed E-state index contributed by atoms with van der Waals surface area (Å²) in [5.74, 6) is -3.07. The number of carbonyl (C=O) groups is 7. The van der Waals surface area contributed by atoms with Crippen molar-refractivity contribution in [1.29, 1.82) is 0 Å². The topological polar surface area (TPSA) is 277 Å². The number of aliphatic hydroxyl groups is 1. The Kier molecular flexibility index (Phi) is 32.9. The first kappa shape index (κ1) is 54.9. The van der Waals surface area contributed by atoms with E-state index in [2.05, 4.69) is 26.6 Å². The maximum absolute atomic E-state index is 12.8. The summed E-state index contributed by atoms with van der Waals surface area (Å²) in [5, 5.41) is 21.8. The molecular formula is C39H68N6O16. The maximum Gasteiger partial charge on any atom is 0.253 e. The number of ether oxygens (including phenoxy) is 8. The zero-order valence-electron chi connectivity index (χ0n) is 35.9. The molecule has 0 aromatic carbocycles. The zero-order valence-corrected chi connectivity index (χ0v) is 35.9. The number of imide groups is 1. The van der Waals surface area contributed by atoms with Crippen molar-refractivity contribution in [3.8, 4) is 0 Å². The fourth-order valence-corrected chi connectivity index (χ4v) is 4.91. The summed E-state index contributed by atoms with van der Waals surface area (Å²) in [6, 6.07) is -1.68. The van der Waals surface area contributed by atoms with Gasteiger partial charge in [0.2, 0.25) is 29.5 Å². The molecule has 0 aromatic rings. The van der Waals surface area contributed by atoms with Gasteiger partial charge in [-0.05, 0) is 19.3 Å². The SMILES string of the molecule is CC(C)C(NC(=O)CCOCCOCCOCCOCCOCCOCCOCCOCCNC(=O)CCN1C(=O)C=CC1=O)C(=O)N[C@@H](C)C(=O)NCCCNC(=O)CO. The quantitative estimate of drug-likeness (QED) is 0.0268. The van der Waals surface area contributed by atoms with Crippen LogP contribution in [-0.4, -0.2) is 202 Å².